The van der Waals surface area contributed by atoms with Crippen LogP contribution in [-0.2, 0) is 20.0 Å². The highest BCUT2D eigenvalue weighted by Gasteiger charge is 2.29. The Morgan fingerprint density at radius 1 is 1.28 bits per heavy atom. The summed E-state index contributed by atoms with van der Waals surface area (Å²) < 4.78 is 53.1. The second-order valence-corrected chi connectivity index (χ2v) is 10.0. The highest BCUT2D eigenvalue weighted by molar-refractivity contribution is 7.90. The van der Waals surface area contributed by atoms with Crippen LogP contribution in [0.25, 0.3) is 0 Å². The quantitative estimate of drug-likeness (QED) is 0.812. The third-order valence-electron chi connectivity index (χ3n) is 4.64. The van der Waals surface area contributed by atoms with Crippen molar-refractivity contribution in [2.45, 2.75) is 23.8 Å². The third kappa shape index (κ3) is 4.02. The Morgan fingerprint density at radius 2 is 1.92 bits per heavy atom. The normalized spacial score (nSPS) is 21.5. The molecule has 0 unspecified atom stereocenters. The molecule has 8 nitrogen and oxygen atoms in total. The Hall–Kier alpha value is -1.49. The topological polar surface area (TPSA) is 99.1 Å². The number of fused-ring (bicyclic) bond motifs is 1. The van der Waals surface area contributed by atoms with Crippen molar-refractivity contribution in [1.82, 2.24) is 9.21 Å². The summed E-state index contributed by atoms with van der Waals surface area (Å²) in [4.78, 5) is 2.27. The van der Waals surface area contributed by atoms with Crippen LogP contribution in [0.3, 0.4) is 0 Å². The standard InChI is InChI=1S/C15H22N4O4S2/c1-18(24(2,20)21)12-7-9-19(10-8-12)11-15-16-13-5-3-4-6-14(13)25(22,23)17-15/h3-6,12H,7-11H2,1-2H3,(H,16,17). The van der Waals surface area contributed by atoms with Crippen LogP contribution in [0.15, 0.2) is 33.6 Å². The number of amidine groups is 1. The van der Waals surface area contributed by atoms with Gasteiger partial charge in [0.15, 0.2) is 0 Å². The minimum absolute atomic E-state index is 0.0167. The molecule has 2 aliphatic heterocycles. The smallest absolute Gasteiger partial charge is 0.286 e. The SMILES string of the molecule is CN(C1CCN(CC2=NS(=O)(=O)c3ccccc3N2)CC1)S(C)(=O)=O. The molecule has 2 heterocycles. The molecule has 1 aromatic carbocycles. The van der Waals surface area contributed by atoms with Crippen LogP contribution in [0, 0.1) is 0 Å². The lowest BCUT2D eigenvalue weighted by molar-refractivity contribution is 0.187. The summed E-state index contributed by atoms with van der Waals surface area (Å²) in [5.74, 6) is 0.397. The number of rotatable bonds is 4. The zero-order valence-corrected chi connectivity index (χ0v) is 15.8. The molecule has 0 spiro atoms. The van der Waals surface area contributed by atoms with E-state index in [1.54, 1.807) is 25.2 Å². The summed E-state index contributed by atoms with van der Waals surface area (Å²) in [5, 5.41) is 3.08. The second kappa shape index (κ2) is 6.67. The molecule has 2 aliphatic rings. The third-order valence-corrected chi connectivity index (χ3v) is 7.36. The van der Waals surface area contributed by atoms with E-state index in [9.17, 15) is 16.8 Å². The van der Waals surface area contributed by atoms with E-state index in [0.717, 1.165) is 0 Å². The molecule has 0 bridgehead atoms. The van der Waals surface area contributed by atoms with Gasteiger partial charge >= 0.3 is 0 Å². The van der Waals surface area contributed by atoms with Gasteiger partial charge in [0.2, 0.25) is 10.0 Å². The number of piperidine rings is 1. The van der Waals surface area contributed by atoms with Crippen molar-refractivity contribution in [3.63, 3.8) is 0 Å². The predicted molar refractivity (Wildman–Crippen MR) is 96.8 cm³/mol. The lowest BCUT2D eigenvalue weighted by Gasteiger charge is -2.36. The lowest BCUT2D eigenvalue weighted by atomic mass is 10.1. The van der Waals surface area contributed by atoms with Crippen molar-refractivity contribution in [3.05, 3.63) is 24.3 Å². The van der Waals surface area contributed by atoms with Gasteiger partial charge in [-0.05, 0) is 25.0 Å². The fourth-order valence-electron chi connectivity index (χ4n) is 3.16. The molecule has 0 amide bonds. The molecule has 1 N–H and O–H groups in total. The van der Waals surface area contributed by atoms with E-state index >= 15 is 0 Å². The van der Waals surface area contributed by atoms with Crippen molar-refractivity contribution in [1.29, 1.82) is 0 Å². The number of hydrogen-bond donors (Lipinski definition) is 1. The highest BCUT2D eigenvalue weighted by Crippen LogP contribution is 2.27. The number of benzene rings is 1. The van der Waals surface area contributed by atoms with E-state index < -0.39 is 20.0 Å². The summed E-state index contributed by atoms with van der Waals surface area (Å²) in [6, 6.07) is 6.68. The first-order valence-electron chi connectivity index (χ1n) is 8.02. The lowest BCUT2D eigenvalue weighted by Crippen LogP contribution is -2.47. The molecular formula is C15H22N4O4S2. The van der Waals surface area contributed by atoms with Crippen molar-refractivity contribution in [3.8, 4) is 0 Å². The summed E-state index contributed by atoms with van der Waals surface area (Å²) >= 11 is 0. The van der Waals surface area contributed by atoms with E-state index in [0.29, 0.717) is 44.0 Å². The van der Waals surface area contributed by atoms with Gasteiger partial charge in [-0.3, -0.25) is 4.90 Å². The van der Waals surface area contributed by atoms with Crippen LogP contribution in [0.1, 0.15) is 12.8 Å². The van der Waals surface area contributed by atoms with Crippen LogP contribution in [0.4, 0.5) is 5.69 Å². The predicted octanol–water partition coefficient (Wildman–Crippen LogP) is 0.555. The van der Waals surface area contributed by atoms with Crippen molar-refractivity contribution in [2.24, 2.45) is 4.40 Å². The minimum atomic E-state index is -3.67. The fraction of sp³-hybridized carbons (Fsp3) is 0.533. The Kier molecular flexibility index (Phi) is 4.89. The number of sulfonamides is 2. The van der Waals surface area contributed by atoms with Gasteiger partial charge in [0.1, 0.15) is 10.7 Å². The maximum absolute atomic E-state index is 12.3. The van der Waals surface area contributed by atoms with E-state index in [-0.39, 0.29) is 10.9 Å². The Morgan fingerprint density at radius 3 is 2.56 bits per heavy atom. The van der Waals surface area contributed by atoms with Crippen LogP contribution in [-0.4, -0.2) is 70.9 Å². The van der Waals surface area contributed by atoms with Crippen molar-refractivity contribution >= 4 is 31.6 Å². The second-order valence-electron chi connectivity index (χ2n) is 6.42. The molecule has 0 aromatic heterocycles. The molecule has 3 rings (SSSR count). The van der Waals surface area contributed by atoms with E-state index in [4.69, 9.17) is 0 Å². The minimum Gasteiger partial charge on any atom is -0.341 e. The first kappa shape index (κ1) is 18.3. The van der Waals surface area contributed by atoms with Gasteiger partial charge in [-0.15, -0.1) is 4.40 Å². The molecule has 0 atom stereocenters. The largest absolute Gasteiger partial charge is 0.341 e. The maximum Gasteiger partial charge on any atom is 0.286 e. The van der Waals surface area contributed by atoms with Gasteiger partial charge in [-0.2, -0.15) is 8.42 Å². The molecule has 1 saturated heterocycles. The number of anilines is 1. The molecule has 0 aliphatic carbocycles. The van der Waals surface area contributed by atoms with Gasteiger partial charge in [0.05, 0.1) is 18.5 Å². The van der Waals surface area contributed by atoms with E-state index in [1.807, 2.05) is 0 Å². The van der Waals surface area contributed by atoms with Crippen LogP contribution < -0.4 is 5.32 Å². The highest BCUT2D eigenvalue weighted by atomic mass is 32.2. The molecular weight excluding hydrogens is 364 g/mol. The molecule has 25 heavy (non-hydrogen) atoms. The average Bonchev–Trinajstić information content (AvgIpc) is 2.53. The number of nitrogens with one attached hydrogen (secondary N) is 1. The van der Waals surface area contributed by atoms with Gasteiger partial charge < -0.3 is 5.32 Å². The summed E-state index contributed by atoms with van der Waals surface area (Å²) in [5.41, 5.74) is 0.541. The van der Waals surface area contributed by atoms with Crippen molar-refractivity contribution in [2.75, 3.05) is 38.3 Å². The first-order valence-corrected chi connectivity index (χ1v) is 11.3. The van der Waals surface area contributed by atoms with Crippen LogP contribution in [0.5, 0.6) is 0 Å². The molecule has 0 radical (unpaired) electrons. The van der Waals surface area contributed by atoms with Crippen molar-refractivity contribution < 1.29 is 16.8 Å². The Bertz CT molecular complexity index is 888. The first-order chi connectivity index (χ1) is 11.7. The summed E-state index contributed by atoms with van der Waals surface area (Å²) in [6.07, 6.45) is 2.63. The molecule has 10 heteroatoms. The van der Waals surface area contributed by atoms with Crippen LogP contribution in [0.2, 0.25) is 0 Å². The maximum atomic E-state index is 12.3. The van der Waals surface area contributed by atoms with Gasteiger partial charge in [0.25, 0.3) is 10.0 Å². The van der Waals surface area contributed by atoms with E-state index in [1.165, 1.54) is 16.6 Å². The monoisotopic (exact) mass is 386 g/mol. The summed E-state index contributed by atoms with van der Waals surface area (Å²) in [7, 11) is -5.27. The number of hydrogen-bond acceptors (Lipinski definition) is 6. The Labute approximate surface area is 148 Å². The zero-order chi connectivity index (χ0) is 18.2. The number of para-hydroxylation sites is 1. The molecule has 1 fully saturated rings. The van der Waals surface area contributed by atoms with Gasteiger partial charge in [0, 0.05) is 26.2 Å². The summed E-state index contributed by atoms with van der Waals surface area (Å²) in [6.45, 7) is 1.77. The number of nitrogens with zero attached hydrogens (tertiary/aromatic N) is 3. The molecule has 0 saturated carbocycles. The molecule has 138 valence electrons. The number of likely N-dealkylation sites (tertiary alicyclic amines) is 1. The Balaban J connectivity index is 1.65. The fourth-order valence-corrected chi connectivity index (χ4v) is 5.05. The average molecular weight is 386 g/mol. The van der Waals surface area contributed by atoms with E-state index in [2.05, 4.69) is 14.6 Å². The molecule has 1 aromatic rings. The van der Waals surface area contributed by atoms with Gasteiger partial charge in [-0.25, -0.2) is 12.7 Å². The zero-order valence-electron chi connectivity index (χ0n) is 14.2. The van der Waals surface area contributed by atoms with Gasteiger partial charge in [-0.1, -0.05) is 12.1 Å². The van der Waals surface area contributed by atoms with Crippen LogP contribution >= 0.6 is 0 Å².